The summed E-state index contributed by atoms with van der Waals surface area (Å²) in [6.07, 6.45) is 8.13. The molecular weight excluding hydrogens is 477 g/mol. The molecule has 37 heavy (non-hydrogen) atoms. The van der Waals surface area contributed by atoms with Gasteiger partial charge in [-0.25, -0.2) is 19.2 Å². The highest BCUT2D eigenvalue weighted by atomic mass is 19.1. The van der Waals surface area contributed by atoms with Crippen molar-refractivity contribution < 1.29 is 18.0 Å². The Bertz CT molecular complexity index is 1500. The van der Waals surface area contributed by atoms with Gasteiger partial charge in [0.15, 0.2) is 0 Å². The highest BCUT2D eigenvalue weighted by Gasteiger charge is 2.24. The number of amides is 2. The molecule has 1 aromatic carbocycles. The molecule has 5 heterocycles. The zero-order valence-corrected chi connectivity index (χ0v) is 19.8. The van der Waals surface area contributed by atoms with Gasteiger partial charge in [0.25, 0.3) is 0 Å². The summed E-state index contributed by atoms with van der Waals surface area (Å²) in [5, 5.41) is 6.30. The average molecular weight is 502 g/mol. The molecule has 0 radical (unpaired) electrons. The standard InChI is InChI=1S/C26H24FN7O3/c27-18-5-3-17(4-6-18)22-23(34-13-15-37-26(34)32-22)21-7-10-28-24(31-21)30-19-8-11-33(12-9-19)25(35)29-16-20-2-1-14-36-20/h1-7,10,13-15,19H,8-9,11-12,16H2,(H,29,35)(H,28,30,31). The molecule has 188 valence electrons. The quantitative estimate of drug-likeness (QED) is 0.350. The number of likely N-dealkylation sites (tertiary alicyclic amines) is 1. The Hall–Kier alpha value is -4.67. The van der Waals surface area contributed by atoms with Crippen LogP contribution in [0.15, 0.2) is 76.2 Å². The van der Waals surface area contributed by atoms with Gasteiger partial charge in [-0.1, -0.05) is 0 Å². The zero-order valence-electron chi connectivity index (χ0n) is 19.8. The van der Waals surface area contributed by atoms with Gasteiger partial charge in [0.2, 0.25) is 5.95 Å². The molecule has 5 aromatic rings. The minimum absolute atomic E-state index is 0.105. The number of carbonyl (C=O) groups excluding carboxylic acids is 1. The molecule has 6 rings (SSSR count). The van der Waals surface area contributed by atoms with Crippen LogP contribution in [0.25, 0.3) is 28.5 Å². The molecule has 1 saturated heterocycles. The molecule has 11 heteroatoms. The number of benzene rings is 1. The van der Waals surface area contributed by atoms with Crippen molar-refractivity contribution in [2.24, 2.45) is 0 Å². The van der Waals surface area contributed by atoms with E-state index in [9.17, 15) is 9.18 Å². The van der Waals surface area contributed by atoms with Crippen molar-refractivity contribution in [2.75, 3.05) is 18.4 Å². The Morgan fingerprint density at radius 2 is 1.89 bits per heavy atom. The van der Waals surface area contributed by atoms with E-state index in [2.05, 4.69) is 20.6 Å². The Morgan fingerprint density at radius 3 is 2.68 bits per heavy atom. The van der Waals surface area contributed by atoms with E-state index >= 15 is 0 Å². The number of aromatic nitrogens is 4. The van der Waals surface area contributed by atoms with Crippen LogP contribution in [0, 0.1) is 5.82 Å². The third-order valence-electron chi connectivity index (χ3n) is 6.39. The van der Waals surface area contributed by atoms with Crippen LogP contribution < -0.4 is 10.6 Å². The van der Waals surface area contributed by atoms with Gasteiger partial charge >= 0.3 is 11.9 Å². The average Bonchev–Trinajstić information content (AvgIpc) is 3.66. The Labute approximate surface area is 211 Å². The smallest absolute Gasteiger partial charge is 0.317 e. The maximum atomic E-state index is 13.5. The number of halogens is 1. The molecule has 4 aromatic heterocycles. The van der Waals surface area contributed by atoms with E-state index in [0.29, 0.717) is 42.8 Å². The highest BCUT2D eigenvalue weighted by molar-refractivity contribution is 5.79. The summed E-state index contributed by atoms with van der Waals surface area (Å²) in [6, 6.07) is 11.6. The fourth-order valence-corrected chi connectivity index (χ4v) is 4.50. The number of urea groups is 1. The second-order valence-electron chi connectivity index (χ2n) is 8.78. The van der Waals surface area contributed by atoms with Gasteiger partial charge in [-0.05, 0) is 55.3 Å². The van der Waals surface area contributed by atoms with Gasteiger partial charge in [-0.15, -0.1) is 0 Å². The van der Waals surface area contributed by atoms with Crippen LogP contribution in [0.4, 0.5) is 15.1 Å². The first-order chi connectivity index (χ1) is 18.1. The van der Waals surface area contributed by atoms with Gasteiger partial charge < -0.3 is 24.4 Å². The first-order valence-corrected chi connectivity index (χ1v) is 12.0. The lowest BCUT2D eigenvalue weighted by atomic mass is 10.1. The van der Waals surface area contributed by atoms with E-state index in [1.807, 2.05) is 10.5 Å². The van der Waals surface area contributed by atoms with E-state index in [1.165, 1.54) is 12.1 Å². The Morgan fingerprint density at radius 1 is 1.05 bits per heavy atom. The number of hydrogen-bond donors (Lipinski definition) is 2. The number of carbonyl (C=O) groups is 1. The molecule has 0 aliphatic carbocycles. The lowest BCUT2D eigenvalue weighted by Crippen LogP contribution is -2.46. The Balaban J connectivity index is 1.15. The second-order valence-corrected chi connectivity index (χ2v) is 8.78. The SMILES string of the molecule is O=C(NCc1ccco1)N1CCC(Nc2nccc(-c3c(-c4ccc(F)cc4)nc4occn34)n2)CC1. The molecule has 1 aliphatic heterocycles. The summed E-state index contributed by atoms with van der Waals surface area (Å²) < 4.78 is 26.1. The topological polar surface area (TPSA) is 114 Å². The maximum Gasteiger partial charge on any atom is 0.317 e. The molecule has 0 atom stereocenters. The molecule has 0 bridgehead atoms. The molecule has 1 aliphatic rings. The number of imidazole rings is 1. The van der Waals surface area contributed by atoms with Crippen LogP contribution in [0.2, 0.25) is 0 Å². The number of piperidine rings is 1. The van der Waals surface area contributed by atoms with Crippen molar-refractivity contribution in [2.45, 2.75) is 25.4 Å². The maximum absolute atomic E-state index is 13.5. The number of nitrogens with one attached hydrogen (secondary N) is 2. The van der Waals surface area contributed by atoms with Gasteiger partial charge in [0, 0.05) is 37.1 Å². The summed E-state index contributed by atoms with van der Waals surface area (Å²) in [7, 11) is 0. The van der Waals surface area contributed by atoms with E-state index in [1.54, 1.807) is 54.1 Å². The summed E-state index contributed by atoms with van der Waals surface area (Å²) in [6.45, 7) is 1.60. The lowest BCUT2D eigenvalue weighted by molar-refractivity contribution is 0.182. The lowest BCUT2D eigenvalue weighted by Gasteiger charge is -2.32. The van der Waals surface area contributed by atoms with E-state index in [4.69, 9.17) is 13.8 Å². The second kappa shape index (κ2) is 9.76. The minimum Gasteiger partial charge on any atom is -0.467 e. The molecule has 0 unspecified atom stereocenters. The van der Waals surface area contributed by atoms with Gasteiger partial charge in [-0.3, -0.25) is 4.40 Å². The summed E-state index contributed by atoms with van der Waals surface area (Å²) in [5.41, 5.74) is 2.77. The van der Waals surface area contributed by atoms with Crippen molar-refractivity contribution in [3.8, 4) is 22.6 Å². The predicted octanol–water partition coefficient (Wildman–Crippen LogP) is 4.57. The fraction of sp³-hybridized carbons (Fsp3) is 0.231. The highest BCUT2D eigenvalue weighted by Crippen LogP contribution is 2.32. The van der Waals surface area contributed by atoms with Crippen molar-refractivity contribution in [3.05, 3.63) is 79.0 Å². The van der Waals surface area contributed by atoms with Crippen LogP contribution in [-0.2, 0) is 6.54 Å². The minimum atomic E-state index is -0.317. The number of furan rings is 1. The normalized spacial score (nSPS) is 14.2. The van der Waals surface area contributed by atoms with Crippen molar-refractivity contribution in [3.63, 3.8) is 0 Å². The largest absolute Gasteiger partial charge is 0.467 e. The third-order valence-corrected chi connectivity index (χ3v) is 6.39. The van der Waals surface area contributed by atoms with E-state index in [0.717, 1.165) is 29.9 Å². The monoisotopic (exact) mass is 501 g/mol. The van der Waals surface area contributed by atoms with Crippen LogP contribution in [0.1, 0.15) is 18.6 Å². The molecule has 0 saturated carbocycles. The van der Waals surface area contributed by atoms with Crippen molar-refractivity contribution >= 4 is 17.8 Å². The predicted molar refractivity (Wildman–Crippen MR) is 133 cm³/mol. The number of hydrogen-bond acceptors (Lipinski definition) is 7. The molecule has 2 amide bonds. The first kappa shape index (κ1) is 22.8. The van der Waals surface area contributed by atoms with Crippen LogP contribution in [-0.4, -0.2) is 49.4 Å². The molecule has 2 N–H and O–H groups in total. The van der Waals surface area contributed by atoms with Crippen LogP contribution >= 0.6 is 0 Å². The van der Waals surface area contributed by atoms with Crippen LogP contribution in [0.5, 0.6) is 0 Å². The number of rotatable bonds is 6. The molecular formula is C26H24FN7O3. The number of oxazole rings is 1. The summed E-state index contributed by atoms with van der Waals surface area (Å²) in [4.78, 5) is 28.0. The summed E-state index contributed by atoms with van der Waals surface area (Å²) in [5.74, 6) is 1.31. The molecule has 10 nitrogen and oxygen atoms in total. The van der Waals surface area contributed by atoms with Crippen molar-refractivity contribution in [1.82, 2.24) is 29.6 Å². The van der Waals surface area contributed by atoms with Gasteiger partial charge in [0.1, 0.15) is 29.2 Å². The van der Waals surface area contributed by atoms with Gasteiger partial charge in [-0.2, -0.15) is 4.98 Å². The fourth-order valence-electron chi connectivity index (χ4n) is 4.50. The Kier molecular flexibility index (Phi) is 6.01. The zero-order chi connectivity index (χ0) is 25.2. The number of nitrogens with zero attached hydrogens (tertiary/aromatic N) is 5. The van der Waals surface area contributed by atoms with Crippen LogP contribution in [0.3, 0.4) is 0 Å². The number of fused-ring (bicyclic) bond motifs is 1. The van der Waals surface area contributed by atoms with E-state index in [-0.39, 0.29) is 17.9 Å². The summed E-state index contributed by atoms with van der Waals surface area (Å²) >= 11 is 0. The third kappa shape index (κ3) is 4.75. The first-order valence-electron chi connectivity index (χ1n) is 12.0. The van der Waals surface area contributed by atoms with E-state index < -0.39 is 0 Å². The van der Waals surface area contributed by atoms with Crippen molar-refractivity contribution in [1.29, 1.82) is 0 Å². The number of anilines is 1. The van der Waals surface area contributed by atoms with Gasteiger partial charge in [0.05, 0.1) is 18.5 Å². The molecule has 0 spiro atoms. The molecule has 1 fully saturated rings.